The summed E-state index contributed by atoms with van der Waals surface area (Å²) in [6, 6.07) is 0.644. The van der Waals surface area contributed by atoms with Gasteiger partial charge in [-0.1, -0.05) is 0 Å². The molecule has 0 aliphatic carbocycles. The molecule has 3 heterocycles. The Balaban J connectivity index is 1.54. The smallest absolute Gasteiger partial charge is 0.0797 e. The summed E-state index contributed by atoms with van der Waals surface area (Å²) in [5.74, 6) is 0. The number of likely N-dealkylation sites (N-methyl/N-ethyl adjacent to an activating group) is 1. The molecule has 1 atom stereocenters. The van der Waals surface area contributed by atoms with Gasteiger partial charge in [0.05, 0.1) is 16.8 Å². The molecule has 1 aromatic rings. The highest BCUT2D eigenvalue weighted by atomic mass is 32.1. The average molecular weight is 310 g/mol. The van der Waals surface area contributed by atoms with Gasteiger partial charge in [0.15, 0.2) is 0 Å². The van der Waals surface area contributed by atoms with Crippen molar-refractivity contribution < 1.29 is 9.47 Å². The van der Waals surface area contributed by atoms with Crippen LogP contribution in [-0.4, -0.2) is 54.9 Å². The minimum absolute atomic E-state index is 0.0931. The van der Waals surface area contributed by atoms with Crippen LogP contribution >= 0.6 is 11.3 Å². The van der Waals surface area contributed by atoms with Gasteiger partial charge >= 0.3 is 0 Å². The molecule has 1 spiro atoms. The van der Waals surface area contributed by atoms with E-state index in [2.05, 4.69) is 23.9 Å². The highest BCUT2D eigenvalue weighted by Crippen LogP contribution is 2.35. The summed E-state index contributed by atoms with van der Waals surface area (Å²) in [5, 5.41) is 0. The van der Waals surface area contributed by atoms with E-state index < -0.39 is 0 Å². The number of aromatic nitrogens is 1. The van der Waals surface area contributed by atoms with E-state index in [0.29, 0.717) is 6.04 Å². The van der Waals surface area contributed by atoms with Gasteiger partial charge in [-0.05, 0) is 46.1 Å². The molecule has 4 nitrogen and oxygen atoms in total. The van der Waals surface area contributed by atoms with Crippen LogP contribution < -0.4 is 0 Å². The Morgan fingerprint density at radius 3 is 2.90 bits per heavy atom. The van der Waals surface area contributed by atoms with Crippen molar-refractivity contribution in [2.24, 2.45) is 0 Å². The van der Waals surface area contributed by atoms with Crippen molar-refractivity contribution in [3.63, 3.8) is 0 Å². The van der Waals surface area contributed by atoms with E-state index in [1.807, 2.05) is 5.51 Å². The Kier molecular flexibility index (Phi) is 4.94. The number of ether oxygens (including phenoxy) is 2. The first-order valence-corrected chi connectivity index (χ1v) is 8.87. The normalized spacial score (nSPS) is 25.6. The van der Waals surface area contributed by atoms with Gasteiger partial charge in [-0.15, -0.1) is 11.3 Å². The molecule has 5 heteroatoms. The molecule has 0 bridgehead atoms. The quantitative estimate of drug-likeness (QED) is 0.856. The third-order valence-corrected chi connectivity index (χ3v) is 6.03. The zero-order valence-corrected chi connectivity index (χ0v) is 14.0. The minimum Gasteiger partial charge on any atom is -0.381 e. The molecule has 3 rings (SSSR count). The van der Waals surface area contributed by atoms with Crippen molar-refractivity contribution >= 4 is 11.3 Å². The maximum Gasteiger partial charge on any atom is 0.0797 e. The van der Waals surface area contributed by atoms with E-state index in [1.165, 1.54) is 10.6 Å². The molecule has 0 N–H and O–H groups in total. The number of rotatable bonds is 4. The summed E-state index contributed by atoms with van der Waals surface area (Å²) in [5.41, 5.74) is 3.24. The third-order valence-electron chi connectivity index (χ3n) is 5.03. The molecule has 21 heavy (non-hydrogen) atoms. The van der Waals surface area contributed by atoms with E-state index in [1.54, 1.807) is 11.3 Å². The van der Waals surface area contributed by atoms with Crippen LogP contribution in [0.25, 0.3) is 0 Å². The lowest BCUT2D eigenvalue weighted by molar-refractivity contribution is -0.149. The van der Waals surface area contributed by atoms with Gasteiger partial charge in [-0.2, -0.15) is 0 Å². The molecule has 2 aliphatic rings. The van der Waals surface area contributed by atoms with Crippen molar-refractivity contribution in [2.45, 2.75) is 50.7 Å². The molecule has 2 fully saturated rings. The van der Waals surface area contributed by atoms with Gasteiger partial charge in [-0.3, -0.25) is 0 Å². The number of nitrogens with zero attached hydrogens (tertiary/aromatic N) is 2. The Bertz CT molecular complexity index is 451. The second kappa shape index (κ2) is 6.73. The Labute approximate surface area is 131 Å². The Morgan fingerprint density at radius 2 is 2.19 bits per heavy atom. The van der Waals surface area contributed by atoms with Crippen LogP contribution in [0.15, 0.2) is 5.51 Å². The van der Waals surface area contributed by atoms with Crippen LogP contribution in [-0.2, 0) is 15.9 Å². The van der Waals surface area contributed by atoms with Gasteiger partial charge in [0.2, 0.25) is 0 Å². The topological polar surface area (TPSA) is 34.6 Å². The lowest BCUT2D eigenvalue weighted by Crippen LogP contribution is -2.50. The molecular formula is C16H26N2O2S. The average Bonchev–Trinajstić information content (AvgIpc) is 2.91. The monoisotopic (exact) mass is 310 g/mol. The molecule has 118 valence electrons. The first kappa shape index (κ1) is 15.4. The molecule has 1 aromatic heterocycles. The second-order valence-corrected chi connectivity index (χ2v) is 7.32. The first-order valence-electron chi connectivity index (χ1n) is 7.99. The SMILES string of the molecule is Cc1ncsc1CCN(C)[C@@H]1CCOC2(CCOCC2)C1. The van der Waals surface area contributed by atoms with Crippen molar-refractivity contribution in [3.05, 3.63) is 16.1 Å². The number of hydrogen-bond donors (Lipinski definition) is 0. The predicted molar refractivity (Wildman–Crippen MR) is 84.9 cm³/mol. The standard InChI is InChI=1S/C16H26N2O2S/c1-13-15(21-12-17-13)3-7-18(2)14-4-8-20-16(11-14)5-9-19-10-6-16/h12,14H,3-11H2,1-2H3/t14-/m1/s1. The largest absolute Gasteiger partial charge is 0.381 e. The molecule has 0 unspecified atom stereocenters. The molecule has 0 saturated carbocycles. The van der Waals surface area contributed by atoms with E-state index in [-0.39, 0.29) is 5.60 Å². The third kappa shape index (κ3) is 3.65. The lowest BCUT2D eigenvalue weighted by atomic mass is 9.83. The van der Waals surface area contributed by atoms with Gasteiger partial charge in [0.1, 0.15) is 0 Å². The van der Waals surface area contributed by atoms with Crippen molar-refractivity contribution in [2.75, 3.05) is 33.4 Å². The Hall–Kier alpha value is -0.490. The fourth-order valence-electron chi connectivity index (χ4n) is 3.50. The maximum absolute atomic E-state index is 6.14. The second-order valence-electron chi connectivity index (χ2n) is 6.38. The molecule has 2 aliphatic heterocycles. The molecule has 2 saturated heterocycles. The van der Waals surface area contributed by atoms with E-state index in [0.717, 1.165) is 58.5 Å². The zero-order valence-electron chi connectivity index (χ0n) is 13.1. The summed E-state index contributed by atoms with van der Waals surface area (Å²) in [7, 11) is 2.26. The summed E-state index contributed by atoms with van der Waals surface area (Å²) >= 11 is 1.78. The summed E-state index contributed by atoms with van der Waals surface area (Å²) in [6.07, 6.45) is 5.55. The van der Waals surface area contributed by atoms with Crippen molar-refractivity contribution in [1.82, 2.24) is 9.88 Å². The van der Waals surface area contributed by atoms with Crippen LogP contribution in [0.5, 0.6) is 0 Å². The van der Waals surface area contributed by atoms with Gasteiger partial charge in [-0.25, -0.2) is 4.98 Å². The molecule has 0 amide bonds. The van der Waals surface area contributed by atoms with Crippen LogP contribution in [0.1, 0.15) is 36.3 Å². The Morgan fingerprint density at radius 1 is 1.38 bits per heavy atom. The highest BCUT2D eigenvalue weighted by Gasteiger charge is 2.39. The number of thiazole rings is 1. The minimum atomic E-state index is 0.0931. The number of aryl methyl sites for hydroxylation is 1. The molecular weight excluding hydrogens is 284 g/mol. The summed E-state index contributed by atoms with van der Waals surface area (Å²) < 4.78 is 11.6. The van der Waals surface area contributed by atoms with Gasteiger partial charge in [0.25, 0.3) is 0 Å². The first-order chi connectivity index (χ1) is 10.2. The predicted octanol–water partition coefficient (Wildman–Crippen LogP) is 2.65. The zero-order chi connectivity index (χ0) is 14.7. The van der Waals surface area contributed by atoms with Crippen LogP contribution in [0.3, 0.4) is 0 Å². The van der Waals surface area contributed by atoms with E-state index in [9.17, 15) is 0 Å². The van der Waals surface area contributed by atoms with E-state index in [4.69, 9.17) is 9.47 Å². The summed E-state index contributed by atoms with van der Waals surface area (Å²) in [4.78, 5) is 8.29. The van der Waals surface area contributed by atoms with Gasteiger partial charge < -0.3 is 14.4 Å². The van der Waals surface area contributed by atoms with Crippen LogP contribution in [0.4, 0.5) is 0 Å². The van der Waals surface area contributed by atoms with Crippen molar-refractivity contribution in [1.29, 1.82) is 0 Å². The van der Waals surface area contributed by atoms with Crippen molar-refractivity contribution in [3.8, 4) is 0 Å². The molecule has 0 radical (unpaired) electrons. The molecule has 0 aromatic carbocycles. The fraction of sp³-hybridized carbons (Fsp3) is 0.812. The fourth-order valence-corrected chi connectivity index (χ4v) is 4.27. The maximum atomic E-state index is 6.14. The van der Waals surface area contributed by atoms with Gasteiger partial charge in [0, 0.05) is 37.3 Å². The van der Waals surface area contributed by atoms with Crippen LogP contribution in [0, 0.1) is 6.92 Å². The number of hydrogen-bond acceptors (Lipinski definition) is 5. The van der Waals surface area contributed by atoms with E-state index >= 15 is 0 Å². The highest BCUT2D eigenvalue weighted by molar-refractivity contribution is 7.09. The van der Waals surface area contributed by atoms with Crippen LogP contribution in [0.2, 0.25) is 0 Å². The lowest BCUT2D eigenvalue weighted by Gasteiger charge is -2.45. The summed E-state index contributed by atoms with van der Waals surface area (Å²) in [6.45, 7) is 5.83.